The Morgan fingerprint density at radius 1 is 1.11 bits per heavy atom. The van der Waals surface area contributed by atoms with E-state index in [-0.39, 0.29) is 12.2 Å². The van der Waals surface area contributed by atoms with E-state index in [9.17, 15) is 9.18 Å². The van der Waals surface area contributed by atoms with Gasteiger partial charge in [0.1, 0.15) is 5.82 Å². The maximum atomic E-state index is 12.7. The fourth-order valence-corrected chi connectivity index (χ4v) is 5.17. The molecular formula is C29H32FN5O. The van der Waals surface area contributed by atoms with E-state index < -0.39 is 0 Å². The van der Waals surface area contributed by atoms with Crippen LogP contribution >= 0.6 is 0 Å². The van der Waals surface area contributed by atoms with Crippen molar-refractivity contribution in [3.05, 3.63) is 82.0 Å². The van der Waals surface area contributed by atoms with Crippen LogP contribution in [0.2, 0.25) is 0 Å². The van der Waals surface area contributed by atoms with Crippen LogP contribution in [0.3, 0.4) is 0 Å². The van der Waals surface area contributed by atoms with E-state index in [0.717, 1.165) is 60.5 Å². The molecule has 0 spiro atoms. The SMILES string of the molecule is Cc1ccc(-c2cc3cc[nH]c(=O)c3c(Nc3ccc(C4CCN(CCCF)CC4)c(C)c3)n2)cn1. The van der Waals surface area contributed by atoms with Gasteiger partial charge >= 0.3 is 0 Å². The van der Waals surface area contributed by atoms with Crippen molar-refractivity contribution in [3.63, 3.8) is 0 Å². The monoisotopic (exact) mass is 485 g/mol. The predicted molar refractivity (Wildman–Crippen MR) is 144 cm³/mol. The number of likely N-dealkylation sites (tertiary alicyclic amines) is 1. The fourth-order valence-electron chi connectivity index (χ4n) is 5.17. The van der Waals surface area contributed by atoms with Crippen molar-refractivity contribution >= 4 is 22.3 Å². The first kappa shape index (κ1) is 24.1. The van der Waals surface area contributed by atoms with Crippen molar-refractivity contribution in [2.24, 2.45) is 0 Å². The number of nitrogens with zero attached hydrogens (tertiary/aromatic N) is 3. The molecule has 0 bridgehead atoms. The van der Waals surface area contributed by atoms with Gasteiger partial charge in [-0.2, -0.15) is 0 Å². The van der Waals surface area contributed by atoms with Gasteiger partial charge in [-0.3, -0.25) is 14.2 Å². The summed E-state index contributed by atoms with van der Waals surface area (Å²) < 4.78 is 12.5. The Hall–Kier alpha value is -3.58. The summed E-state index contributed by atoms with van der Waals surface area (Å²) in [7, 11) is 0. The number of piperidine rings is 1. The van der Waals surface area contributed by atoms with Crippen molar-refractivity contribution in [2.45, 2.75) is 39.0 Å². The second-order valence-corrected chi connectivity index (χ2v) is 9.67. The number of rotatable bonds is 7. The minimum Gasteiger partial charge on any atom is -0.340 e. The molecule has 6 nitrogen and oxygen atoms in total. The van der Waals surface area contributed by atoms with Crippen LogP contribution in [0.5, 0.6) is 0 Å². The molecular weight excluding hydrogens is 453 g/mol. The highest BCUT2D eigenvalue weighted by molar-refractivity contribution is 5.95. The molecule has 1 aromatic carbocycles. The van der Waals surface area contributed by atoms with Crippen LogP contribution in [0.25, 0.3) is 22.0 Å². The molecule has 0 saturated carbocycles. The lowest BCUT2D eigenvalue weighted by molar-refractivity contribution is 0.204. The molecule has 1 saturated heterocycles. The number of halogens is 1. The van der Waals surface area contributed by atoms with Gasteiger partial charge in [-0.05, 0) is 105 Å². The van der Waals surface area contributed by atoms with Crippen LogP contribution < -0.4 is 10.9 Å². The highest BCUT2D eigenvalue weighted by Gasteiger charge is 2.22. The Kier molecular flexibility index (Phi) is 7.09. The fraction of sp³-hybridized carbons (Fsp3) is 0.345. The zero-order valence-electron chi connectivity index (χ0n) is 20.9. The van der Waals surface area contributed by atoms with Gasteiger partial charge in [0.05, 0.1) is 17.8 Å². The highest BCUT2D eigenvalue weighted by Crippen LogP contribution is 2.33. The first-order valence-electron chi connectivity index (χ1n) is 12.6. The van der Waals surface area contributed by atoms with Gasteiger partial charge in [0.25, 0.3) is 5.56 Å². The average Bonchev–Trinajstić information content (AvgIpc) is 2.88. The minimum absolute atomic E-state index is 0.177. The summed E-state index contributed by atoms with van der Waals surface area (Å²) in [5.74, 6) is 1.04. The van der Waals surface area contributed by atoms with E-state index in [4.69, 9.17) is 4.98 Å². The van der Waals surface area contributed by atoms with E-state index in [1.165, 1.54) is 11.1 Å². The summed E-state index contributed by atoms with van der Waals surface area (Å²) in [5.41, 5.74) is 5.90. The summed E-state index contributed by atoms with van der Waals surface area (Å²) in [6.07, 6.45) is 6.27. The third kappa shape index (κ3) is 5.16. The number of pyridine rings is 3. The van der Waals surface area contributed by atoms with Crippen LogP contribution in [0.15, 0.2) is 59.7 Å². The standard InChI is InChI=1S/C29H32FN5O/c1-19-16-24(6-7-25(19)21-9-14-35(15-10-21)13-3-11-30)33-28-27-22(8-12-31-29(27)36)17-26(34-28)23-5-4-20(2)32-18-23/h4-8,12,16-18,21H,3,9-11,13-15H2,1-2H3,(H,31,36)(H,33,34). The number of hydrogen-bond acceptors (Lipinski definition) is 5. The summed E-state index contributed by atoms with van der Waals surface area (Å²) in [4.78, 5) is 27.1. The molecule has 36 heavy (non-hydrogen) atoms. The molecule has 4 heterocycles. The van der Waals surface area contributed by atoms with Crippen molar-refractivity contribution < 1.29 is 4.39 Å². The number of H-pyrrole nitrogens is 1. The smallest absolute Gasteiger partial charge is 0.259 e. The molecule has 5 rings (SSSR count). The van der Waals surface area contributed by atoms with Crippen molar-refractivity contribution in [1.82, 2.24) is 19.9 Å². The third-order valence-corrected chi connectivity index (χ3v) is 7.13. The zero-order chi connectivity index (χ0) is 25.1. The number of anilines is 2. The number of aromatic amines is 1. The molecule has 1 aliphatic rings. The highest BCUT2D eigenvalue weighted by atomic mass is 19.1. The normalized spacial score (nSPS) is 14.9. The number of aromatic nitrogens is 3. The Bertz CT molecular complexity index is 1410. The molecule has 1 fully saturated rings. The van der Waals surface area contributed by atoms with Gasteiger partial charge in [-0.1, -0.05) is 6.07 Å². The quantitative estimate of drug-likeness (QED) is 0.342. The van der Waals surface area contributed by atoms with Crippen molar-refractivity contribution in [3.8, 4) is 11.3 Å². The van der Waals surface area contributed by atoms with Crippen molar-refractivity contribution in [2.75, 3.05) is 31.6 Å². The number of fused-ring (bicyclic) bond motifs is 1. The Balaban J connectivity index is 1.42. The summed E-state index contributed by atoms with van der Waals surface area (Å²) in [6, 6.07) is 14.2. The molecule has 1 aliphatic heterocycles. The van der Waals surface area contributed by atoms with E-state index in [0.29, 0.717) is 23.5 Å². The van der Waals surface area contributed by atoms with Gasteiger partial charge in [-0.15, -0.1) is 0 Å². The third-order valence-electron chi connectivity index (χ3n) is 7.13. The van der Waals surface area contributed by atoms with E-state index in [1.807, 2.05) is 37.4 Å². The van der Waals surface area contributed by atoms with E-state index in [2.05, 4.69) is 45.3 Å². The van der Waals surface area contributed by atoms with Crippen LogP contribution in [-0.4, -0.2) is 46.2 Å². The molecule has 7 heteroatoms. The molecule has 0 unspecified atom stereocenters. The van der Waals surface area contributed by atoms with Gasteiger partial charge in [0.15, 0.2) is 0 Å². The minimum atomic E-state index is -0.242. The van der Waals surface area contributed by atoms with Gasteiger partial charge in [0.2, 0.25) is 0 Å². The molecule has 4 aromatic rings. The Labute approximate surface area is 210 Å². The summed E-state index contributed by atoms with van der Waals surface area (Å²) in [5, 5.41) is 4.77. The molecule has 0 aliphatic carbocycles. The number of benzene rings is 1. The van der Waals surface area contributed by atoms with Crippen LogP contribution in [0.1, 0.15) is 42.0 Å². The van der Waals surface area contributed by atoms with Gasteiger partial charge in [0, 0.05) is 35.9 Å². The maximum absolute atomic E-state index is 12.7. The van der Waals surface area contributed by atoms with E-state index in [1.54, 1.807) is 6.20 Å². The average molecular weight is 486 g/mol. The molecule has 3 aromatic heterocycles. The first-order chi connectivity index (χ1) is 17.5. The molecule has 0 amide bonds. The second-order valence-electron chi connectivity index (χ2n) is 9.67. The van der Waals surface area contributed by atoms with Crippen molar-refractivity contribution in [1.29, 1.82) is 0 Å². The lowest BCUT2D eigenvalue weighted by atomic mass is 9.86. The van der Waals surface area contributed by atoms with Crippen LogP contribution in [-0.2, 0) is 0 Å². The number of hydrogen-bond donors (Lipinski definition) is 2. The molecule has 2 N–H and O–H groups in total. The number of alkyl halides is 1. The van der Waals surface area contributed by atoms with Gasteiger partial charge < -0.3 is 15.2 Å². The van der Waals surface area contributed by atoms with Gasteiger partial charge in [-0.25, -0.2) is 4.98 Å². The lowest BCUT2D eigenvalue weighted by Gasteiger charge is -2.32. The lowest BCUT2D eigenvalue weighted by Crippen LogP contribution is -2.34. The largest absolute Gasteiger partial charge is 0.340 e. The predicted octanol–water partition coefficient (Wildman–Crippen LogP) is 5.88. The van der Waals surface area contributed by atoms with Crippen LogP contribution in [0, 0.1) is 13.8 Å². The summed E-state index contributed by atoms with van der Waals surface area (Å²) in [6.45, 7) is 6.74. The maximum Gasteiger partial charge on any atom is 0.259 e. The van der Waals surface area contributed by atoms with E-state index >= 15 is 0 Å². The number of aryl methyl sites for hydroxylation is 2. The second kappa shape index (κ2) is 10.6. The topological polar surface area (TPSA) is 73.9 Å². The number of nitrogens with one attached hydrogen (secondary N) is 2. The molecule has 0 radical (unpaired) electrons. The molecule has 0 atom stereocenters. The Morgan fingerprint density at radius 2 is 1.94 bits per heavy atom. The Morgan fingerprint density at radius 3 is 2.67 bits per heavy atom. The molecule has 186 valence electrons. The summed E-state index contributed by atoms with van der Waals surface area (Å²) >= 11 is 0. The first-order valence-corrected chi connectivity index (χ1v) is 12.6. The zero-order valence-corrected chi connectivity index (χ0v) is 20.9. The van der Waals surface area contributed by atoms with Crippen LogP contribution in [0.4, 0.5) is 15.9 Å².